The van der Waals surface area contributed by atoms with E-state index in [0.717, 1.165) is 12.8 Å². The van der Waals surface area contributed by atoms with Crippen LogP contribution in [0, 0.1) is 5.92 Å². The largest absolute Gasteiger partial charge is 0.497 e. The van der Waals surface area contributed by atoms with Crippen LogP contribution in [0.15, 0.2) is 42.5 Å². The van der Waals surface area contributed by atoms with Gasteiger partial charge in [0, 0.05) is 18.2 Å². The Hall–Kier alpha value is -3.55. The normalized spacial score (nSPS) is 15.0. The quantitative estimate of drug-likeness (QED) is 0.621. The SMILES string of the molecule is COc1cccc(OCC(=O)c2ccc3c(c2)N(CC(=O)NCC2CC2)C(=O)CO3)c1. The zero-order valence-corrected chi connectivity index (χ0v) is 17.3. The van der Waals surface area contributed by atoms with E-state index in [2.05, 4.69) is 5.32 Å². The number of amides is 2. The lowest BCUT2D eigenvalue weighted by atomic mass is 10.1. The minimum Gasteiger partial charge on any atom is -0.497 e. The minimum absolute atomic E-state index is 0.111. The van der Waals surface area contributed by atoms with Crippen molar-refractivity contribution in [1.29, 1.82) is 0 Å². The summed E-state index contributed by atoms with van der Waals surface area (Å²) in [7, 11) is 1.55. The predicted molar refractivity (Wildman–Crippen MR) is 113 cm³/mol. The third-order valence-corrected chi connectivity index (χ3v) is 5.22. The number of hydrogen-bond acceptors (Lipinski definition) is 6. The van der Waals surface area contributed by atoms with Crippen molar-refractivity contribution in [3.63, 3.8) is 0 Å². The Morgan fingerprint density at radius 1 is 1.16 bits per heavy atom. The van der Waals surface area contributed by atoms with Crippen LogP contribution in [0.3, 0.4) is 0 Å². The molecule has 2 aromatic carbocycles. The molecule has 162 valence electrons. The number of anilines is 1. The zero-order chi connectivity index (χ0) is 21.8. The lowest BCUT2D eigenvalue weighted by Gasteiger charge is -2.29. The van der Waals surface area contributed by atoms with Crippen LogP contribution < -0.4 is 24.4 Å². The molecule has 1 aliphatic heterocycles. The summed E-state index contributed by atoms with van der Waals surface area (Å²) in [5, 5.41) is 2.86. The molecule has 31 heavy (non-hydrogen) atoms. The van der Waals surface area contributed by atoms with Crippen molar-refractivity contribution < 1.29 is 28.6 Å². The first-order chi connectivity index (χ1) is 15.0. The molecule has 1 fully saturated rings. The number of hydrogen-bond donors (Lipinski definition) is 1. The predicted octanol–water partition coefficient (Wildman–Crippen LogP) is 2.21. The Labute approximate surface area is 180 Å². The van der Waals surface area contributed by atoms with Crippen molar-refractivity contribution in [3.05, 3.63) is 48.0 Å². The van der Waals surface area contributed by atoms with Crippen molar-refractivity contribution >= 4 is 23.3 Å². The minimum atomic E-state index is -0.327. The summed E-state index contributed by atoms with van der Waals surface area (Å²) in [5.74, 6) is 1.33. The van der Waals surface area contributed by atoms with Crippen LogP contribution in [0.1, 0.15) is 23.2 Å². The number of nitrogens with one attached hydrogen (secondary N) is 1. The average molecular weight is 424 g/mol. The first kappa shape index (κ1) is 20.7. The number of methoxy groups -OCH3 is 1. The number of carbonyl (C=O) groups is 3. The molecule has 8 nitrogen and oxygen atoms in total. The topological polar surface area (TPSA) is 94.2 Å². The fourth-order valence-corrected chi connectivity index (χ4v) is 3.25. The van der Waals surface area contributed by atoms with Gasteiger partial charge in [-0.05, 0) is 49.1 Å². The van der Waals surface area contributed by atoms with Crippen LogP contribution in [-0.4, -0.2) is 51.0 Å². The van der Waals surface area contributed by atoms with Gasteiger partial charge in [-0.25, -0.2) is 0 Å². The molecule has 2 amide bonds. The number of Topliss-reactive ketones (excluding diaryl/α,β-unsaturated/α-hetero) is 1. The van der Waals surface area contributed by atoms with Crippen molar-refractivity contribution in [2.45, 2.75) is 12.8 Å². The number of ether oxygens (including phenoxy) is 3. The summed E-state index contributed by atoms with van der Waals surface area (Å²) in [6.07, 6.45) is 2.26. The third-order valence-electron chi connectivity index (χ3n) is 5.22. The highest BCUT2D eigenvalue weighted by Gasteiger charge is 2.29. The Morgan fingerprint density at radius 3 is 2.74 bits per heavy atom. The second-order valence-electron chi connectivity index (χ2n) is 7.59. The van der Waals surface area contributed by atoms with Crippen molar-refractivity contribution in [1.82, 2.24) is 5.32 Å². The molecule has 0 atom stereocenters. The molecule has 8 heteroatoms. The standard InChI is InChI=1S/C23H24N2O6/c1-29-17-3-2-4-18(10-17)30-13-20(26)16-7-8-21-19(9-16)25(23(28)14-31-21)12-22(27)24-11-15-5-6-15/h2-4,7-10,15H,5-6,11-14H2,1H3,(H,24,27). The summed E-state index contributed by atoms with van der Waals surface area (Å²) in [6, 6.07) is 11.8. The van der Waals surface area contributed by atoms with E-state index in [0.29, 0.717) is 41.0 Å². The van der Waals surface area contributed by atoms with Gasteiger partial charge in [-0.3, -0.25) is 19.3 Å². The van der Waals surface area contributed by atoms with E-state index >= 15 is 0 Å². The first-order valence-corrected chi connectivity index (χ1v) is 10.2. The lowest BCUT2D eigenvalue weighted by Crippen LogP contribution is -2.45. The smallest absolute Gasteiger partial charge is 0.265 e. The maximum Gasteiger partial charge on any atom is 0.265 e. The molecule has 2 aliphatic rings. The number of carbonyl (C=O) groups excluding carboxylic acids is 3. The molecule has 0 radical (unpaired) electrons. The summed E-state index contributed by atoms with van der Waals surface area (Å²) in [4.78, 5) is 38.7. The van der Waals surface area contributed by atoms with Crippen LogP contribution in [0.25, 0.3) is 0 Å². The van der Waals surface area contributed by atoms with Crippen molar-refractivity contribution in [3.8, 4) is 17.2 Å². The molecule has 0 aromatic heterocycles. The van der Waals surface area contributed by atoms with Gasteiger partial charge in [0.15, 0.2) is 19.0 Å². The summed E-state index contributed by atoms with van der Waals surface area (Å²) in [5.41, 5.74) is 0.772. The molecule has 0 saturated heterocycles. The van der Waals surface area contributed by atoms with E-state index in [1.165, 1.54) is 4.90 Å². The Kier molecular flexibility index (Phi) is 6.06. The van der Waals surface area contributed by atoms with Gasteiger partial charge in [0.2, 0.25) is 5.91 Å². The Bertz CT molecular complexity index is 1000. The maximum absolute atomic E-state index is 12.7. The monoisotopic (exact) mass is 424 g/mol. The molecule has 2 aromatic rings. The second-order valence-corrected chi connectivity index (χ2v) is 7.59. The van der Waals surface area contributed by atoms with E-state index in [9.17, 15) is 14.4 Å². The summed E-state index contributed by atoms with van der Waals surface area (Å²) >= 11 is 0. The van der Waals surface area contributed by atoms with Gasteiger partial charge in [-0.2, -0.15) is 0 Å². The van der Waals surface area contributed by atoms with E-state index in [-0.39, 0.29) is 37.4 Å². The van der Waals surface area contributed by atoms with Gasteiger partial charge in [-0.15, -0.1) is 0 Å². The van der Waals surface area contributed by atoms with Gasteiger partial charge in [0.05, 0.1) is 12.8 Å². The van der Waals surface area contributed by atoms with Crippen molar-refractivity contribution in [2.75, 3.05) is 38.3 Å². The van der Waals surface area contributed by atoms with E-state index in [4.69, 9.17) is 14.2 Å². The van der Waals surface area contributed by atoms with Gasteiger partial charge in [0.1, 0.15) is 23.8 Å². The molecular formula is C23H24N2O6. The number of rotatable bonds is 9. The Morgan fingerprint density at radius 2 is 1.97 bits per heavy atom. The second kappa shape index (κ2) is 9.07. The average Bonchev–Trinajstić information content (AvgIpc) is 3.62. The van der Waals surface area contributed by atoms with Gasteiger partial charge in [-0.1, -0.05) is 6.07 Å². The zero-order valence-electron chi connectivity index (χ0n) is 17.3. The summed E-state index contributed by atoms with van der Waals surface area (Å²) < 4.78 is 16.2. The van der Waals surface area contributed by atoms with Crippen LogP contribution >= 0.6 is 0 Å². The lowest BCUT2D eigenvalue weighted by molar-refractivity contribution is -0.125. The number of ketones is 1. The highest BCUT2D eigenvalue weighted by atomic mass is 16.5. The number of fused-ring (bicyclic) bond motifs is 1. The molecule has 4 rings (SSSR count). The molecule has 1 heterocycles. The van der Waals surface area contributed by atoms with Crippen LogP contribution in [0.5, 0.6) is 17.2 Å². The molecule has 1 aliphatic carbocycles. The van der Waals surface area contributed by atoms with Gasteiger partial charge in [0.25, 0.3) is 5.91 Å². The maximum atomic E-state index is 12.7. The van der Waals surface area contributed by atoms with E-state index < -0.39 is 0 Å². The fourth-order valence-electron chi connectivity index (χ4n) is 3.25. The van der Waals surface area contributed by atoms with Crippen LogP contribution in [0.4, 0.5) is 5.69 Å². The molecular weight excluding hydrogens is 400 g/mol. The van der Waals surface area contributed by atoms with E-state index in [1.807, 2.05) is 0 Å². The molecule has 1 N–H and O–H groups in total. The van der Waals surface area contributed by atoms with Crippen LogP contribution in [-0.2, 0) is 9.59 Å². The van der Waals surface area contributed by atoms with Crippen molar-refractivity contribution in [2.24, 2.45) is 5.92 Å². The third kappa shape index (κ3) is 5.14. The fraction of sp³-hybridized carbons (Fsp3) is 0.348. The van der Waals surface area contributed by atoms with E-state index in [1.54, 1.807) is 49.6 Å². The highest BCUT2D eigenvalue weighted by Crippen LogP contribution is 2.33. The molecule has 0 unspecified atom stereocenters. The number of nitrogens with zero attached hydrogens (tertiary/aromatic N) is 1. The summed E-state index contributed by atoms with van der Waals surface area (Å²) in [6.45, 7) is 0.196. The van der Waals surface area contributed by atoms with Gasteiger partial charge >= 0.3 is 0 Å². The molecule has 1 saturated carbocycles. The Balaban J connectivity index is 1.44. The number of benzene rings is 2. The van der Waals surface area contributed by atoms with Gasteiger partial charge < -0.3 is 19.5 Å². The molecule has 0 bridgehead atoms. The van der Waals surface area contributed by atoms with Crippen LogP contribution in [0.2, 0.25) is 0 Å². The molecule has 0 spiro atoms. The highest BCUT2D eigenvalue weighted by molar-refractivity contribution is 6.04. The first-order valence-electron chi connectivity index (χ1n) is 10.2.